The Hall–Kier alpha value is -0.0151. The third-order valence-corrected chi connectivity index (χ3v) is 3.88. The summed E-state index contributed by atoms with van der Waals surface area (Å²) in [6.07, 6.45) is 6.66. The maximum atomic E-state index is 9.95. The van der Waals surface area contributed by atoms with E-state index < -0.39 is 11.2 Å². The fourth-order valence-electron chi connectivity index (χ4n) is 1.86. The average molecular weight is 212 g/mol. The van der Waals surface area contributed by atoms with Crippen molar-refractivity contribution in [1.29, 1.82) is 0 Å². The van der Waals surface area contributed by atoms with E-state index in [4.69, 9.17) is 4.65 Å². The molecule has 88 valence electrons. The van der Waals surface area contributed by atoms with E-state index in [9.17, 15) is 5.11 Å². The maximum absolute atomic E-state index is 9.95. The van der Waals surface area contributed by atoms with E-state index in [0.717, 1.165) is 7.48 Å². The molecule has 0 bridgehead atoms. The molecule has 2 nitrogen and oxygen atoms in total. The van der Waals surface area contributed by atoms with Crippen molar-refractivity contribution in [2.45, 2.75) is 76.8 Å². The first-order valence-corrected chi connectivity index (χ1v) is 6.19. The number of rotatable bonds is 4. The summed E-state index contributed by atoms with van der Waals surface area (Å²) < 4.78 is 5.88. The molecule has 0 heterocycles. The Balaban J connectivity index is 2.35. The second-order valence-electron chi connectivity index (χ2n) is 5.88. The molecule has 15 heavy (non-hydrogen) atoms. The fourth-order valence-corrected chi connectivity index (χ4v) is 1.86. The van der Waals surface area contributed by atoms with Crippen molar-refractivity contribution >= 4 is 7.48 Å². The van der Waals surface area contributed by atoms with Crippen molar-refractivity contribution in [1.82, 2.24) is 0 Å². The van der Waals surface area contributed by atoms with Crippen LogP contribution in [-0.4, -0.2) is 23.8 Å². The number of hydrogen-bond donors (Lipinski definition) is 1. The number of aliphatic hydroxyl groups is 1. The van der Waals surface area contributed by atoms with Crippen LogP contribution in [0.3, 0.4) is 0 Å². The van der Waals surface area contributed by atoms with Gasteiger partial charge >= 0.3 is 0 Å². The van der Waals surface area contributed by atoms with Crippen LogP contribution in [0.1, 0.15) is 59.8 Å². The first-order chi connectivity index (χ1) is 6.83. The first-order valence-electron chi connectivity index (χ1n) is 6.19. The summed E-state index contributed by atoms with van der Waals surface area (Å²) in [6.45, 7) is 7.56. The predicted octanol–water partition coefficient (Wildman–Crippen LogP) is 2.66. The minimum atomic E-state index is -0.776. The van der Waals surface area contributed by atoms with E-state index in [2.05, 4.69) is 0 Å². The van der Waals surface area contributed by atoms with Crippen LogP contribution in [0.2, 0.25) is 5.82 Å². The minimum absolute atomic E-state index is 0.454. The molecule has 0 aliphatic heterocycles. The van der Waals surface area contributed by atoms with Crippen LogP contribution < -0.4 is 0 Å². The molecule has 0 aromatic heterocycles. The van der Waals surface area contributed by atoms with Crippen molar-refractivity contribution in [3.63, 3.8) is 0 Å². The van der Waals surface area contributed by atoms with Crippen molar-refractivity contribution in [2.24, 2.45) is 0 Å². The van der Waals surface area contributed by atoms with Crippen LogP contribution in [0, 0.1) is 0 Å². The summed E-state index contributed by atoms with van der Waals surface area (Å²) >= 11 is 0. The lowest BCUT2D eigenvalue weighted by atomic mass is 9.69. The van der Waals surface area contributed by atoms with Crippen molar-refractivity contribution in [2.75, 3.05) is 0 Å². The molecule has 1 N–H and O–H groups in total. The minimum Gasteiger partial charge on any atom is -0.432 e. The first kappa shape index (κ1) is 13.1. The van der Waals surface area contributed by atoms with E-state index >= 15 is 0 Å². The van der Waals surface area contributed by atoms with Gasteiger partial charge in [0.15, 0.2) is 0 Å². The second kappa shape index (κ2) is 4.88. The SMILES string of the molecule is CC(C)(O)C(C)(C)OBC1CCCCC1. The number of hydrogen-bond acceptors (Lipinski definition) is 2. The Morgan fingerprint density at radius 1 is 1.07 bits per heavy atom. The van der Waals surface area contributed by atoms with Gasteiger partial charge < -0.3 is 9.76 Å². The van der Waals surface area contributed by atoms with Crippen molar-refractivity contribution in [3.8, 4) is 0 Å². The highest BCUT2D eigenvalue weighted by Gasteiger charge is 2.36. The molecule has 0 radical (unpaired) electrons. The smallest absolute Gasteiger partial charge is 0.278 e. The summed E-state index contributed by atoms with van der Waals surface area (Å²) in [7, 11) is 0.803. The third kappa shape index (κ3) is 3.80. The maximum Gasteiger partial charge on any atom is 0.278 e. The lowest BCUT2D eigenvalue weighted by molar-refractivity contribution is -0.0912. The molecule has 3 heteroatoms. The van der Waals surface area contributed by atoms with Crippen LogP contribution in [0.25, 0.3) is 0 Å². The predicted molar refractivity (Wildman–Crippen MR) is 65.4 cm³/mol. The quantitative estimate of drug-likeness (QED) is 0.726. The van der Waals surface area contributed by atoms with Gasteiger partial charge in [-0.05, 0) is 33.5 Å². The van der Waals surface area contributed by atoms with Gasteiger partial charge in [0.25, 0.3) is 7.48 Å². The van der Waals surface area contributed by atoms with E-state index in [-0.39, 0.29) is 0 Å². The van der Waals surface area contributed by atoms with Crippen LogP contribution in [0.15, 0.2) is 0 Å². The fraction of sp³-hybridized carbons (Fsp3) is 1.00. The molecule has 1 aliphatic rings. The van der Waals surface area contributed by atoms with Crippen LogP contribution >= 0.6 is 0 Å². The average Bonchev–Trinajstić information content (AvgIpc) is 2.15. The molecule has 0 unspecified atom stereocenters. The van der Waals surface area contributed by atoms with Crippen molar-refractivity contribution < 1.29 is 9.76 Å². The van der Waals surface area contributed by atoms with Crippen LogP contribution in [0.5, 0.6) is 0 Å². The summed E-state index contributed by atoms with van der Waals surface area (Å²) in [5, 5.41) is 9.95. The molecule has 1 aliphatic carbocycles. The highest BCUT2D eigenvalue weighted by molar-refractivity contribution is 6.29. The Labute approximate surface area is 94.7 Å². The molecule has 0 atom stereocenters. The molecule has 1 fully saturated rings. The molecular formula is C12H25BO2. The van der Waals surface area contributed by atoms with Gasteiger partial charge in [-0.3, -0.25) is 0 Å². The molecule has 0 saturated heterocycles. The van der Waals surface area contributed by atoms with Crippen LogP contribution in [-0.2, 0) is 4.65 Å². The molecule has 0 spiro atoms. The standard InChI is InChI=1S/C12H25BO2/c1-11(2,14)12(3,4)15-13-10-8-6-5-7-9-10/h10,13-14H,5-9H2,1-4H3. The van der Waals surface area contributed by atoms with Crippen LogP contribution in [0.4, 0.5) is 0 Å². The monoisotopic (exact) mass is 212 g/mol. The topological polar surface area (TPSA) is 29.5 Å². The van der Waals surface area contributed by atoms with Gasteiger partial charge in [-0.15, -0.1) is 0 Å². The highest BCUT2D eigenvalue weighted by atomic mass is 16.5. The summed E-state index contributed by atoms with van der Waals surface area (Å²) in [6, 6.07) is 0. The molecule has 0 amide bonds. The van der Waals surface area contributed by atoms with Crippen molar-refractivity contribution in [3.05, 3.63) is 0 Å². The third-order valence-electron chi connectivity index (χ3n) is 3.88. The summed E-state index contributed by atoms with van der Waals surface area (Å²) in [4.78, 5) is 0. The normalized spacial score (nSPS) is 20.3. The molecule has 1 saturated carbocycles. The van der Waals surface area contributed by atoms with E-state index in [1.165, 1.54) is 32.1 Å². The zero-order chi connectivity index (χ0) is 11.5. The molecule has 1 rings (SSSR count). The van der Waals surface area contributed by atoms with E-state index in [1.807, 2.05) is 27.7 Å². The summed E-state index contributed by atoms with van der Waals surface area (Å²) in [5.41, 5.74) is -1.23. The lowest BCUT2D eigenvalue weighted by Crippen LogP contribution is -2.48. The Morgan fingerprint density at radius 2 is 1.60 bits per heavy atom. The zero-order valence-electron chi connectivity index (χ0n) is 10.7. The molecule has 0 aromatic rings. The van der Waals surface area contributed by atoms with Gasteiger partial charge in [-0.1, -0.05) is 32.1 Å². The van der Waals surface area contributed by atoms with Gasteiger partial charge in [0.05, 0.1) is 11.2 Å². The lowest BCUT2D eigenvalue weighted by Gasteiger charge is -2.38. The Morgan fingerprint density at radius 3 is 2.07 bits per heavy atom. The van der Waals surface area contributed by atoms with Gasteiger partial charge in [0, 0.05) is 0 Å². The second-order valence-corrected chi connectivity index (χ2v) is 5.88. The van der Waals surface area contributed by atoms with E-state index in [1.54, 1.807) is 0 Å². The molecular weight excluding hydrogens is 187 g/mol. The Kier molecular flexibility index (Phi) is 4.24. The highest BCUT2D eigenvalue weighted by Crippen LogP contribution is 2.31. The van der Waals surface area contributed by atoms with Gasteiger partial charge in [0.1, 0.15) is 0 Å². The van der Waals surface area contributed by atoms with Gasteiger partial charge in [0.2, 0.25) is 0 Å². The zero-order valence-corrected chi connectivity index (χ0v) is 10.7. The largest absolute Gasteiger partial charge is 0.432 e. The van der Waals surface area contributed by atoms with Gasteiger partial charge in [-0.2, -0.15) is 0 Å². The van der Waals surface area contributed by atoms with E-state index in [0.29, 0.717) is 5.82 Å². The van der Waals surface area contributed by atoms with Gasteiger partial charge in [-0.25, -0.2) is 0 Å². The Bertz CT molecular complexity index is 190. The molecule has 0 aromatic carbocycles. The summed E-state index contributed by atoms with van der Waals surface area (Å²) in [5.74, 6) is 0.709.